The van der Waals surface area contributed by atoms with Crippen molar-refractivity contribution < 1.29 is 0 Å². The molecule has 0 amide bonds. The third-order valence-corrected chi connectivity index (χ3v) is 1.69. The van der Waals surface area contributed by atoms with Crippen LogP contribution in [0.1, 0.15) is 6.42 Å². The maximum absolute atomic E-state index is 3.84. The van der Waals surface area contributed by atoms with Gasteiger partial charge in [0.2, 0.25) is 0 Å². The third kappa shape index (κ3) is 4.39. The largest absolute Gasteiger partial charge is 0.269 e. The first-order valence-corrected chi connectivity index (χ1v) is 4.51. The van der Waals surface area contributed by atoms with Gasteiger partial charge in [-0.2, -0.15) is 11.8 Å². The fraction of sp³-hybridized carbons (Fsp3) is 0.375. The van der Waals surface area contributed by atoms with Crippen LogP contribution in [-0.4, -0.2) is 18.7 Å². The predicted molar refractivity (Wildman–Crippen MR) is 50.8 cm³/mol. The van der Waals surface area contributed by atoms with Crippen LogP contribution in [0.15, 0.2) is 29.4 Å². The van der Waals surface area contributed by atoms with E-state index in [1.807, 2.05) is 17.8 Å². The summed E-state index contributed by atoms with van der Waals surface area (Å²) in [6, 6.07) is 0. The molecule has 0 spiro atoms. The van der Waals surface area contributed by atoms with Gasteiger partial charge in [0.15, 0.2) is 0 Å². The highest BCUT2D eigenvalue weighted by Gasteiger charge is 1.89. The Balaban J connectivity index is 3.70. The zero-order valence-corrected chi connectivity index (χ0v) is 7.16. The van der Waals surface area contributed by atoms with E-state index in [1.165, 1.54) is 0 Å². The Labute approximate surface area is 66.9 Å². The van der Waals surface area contributed by atoms with Gasteiger partial charge in [-0.05, 0) is 31.2 Å². The zero-order valence-electron chi connectivity index (χ0n) is 6.34. The maximum atomic E-state index is 3.84. The Morgan fingerprint density at radius 2 is 2.40 bits per heavy atom. The van der Waals surface area contributed by atoms with Gasteiger partial charge in [-0.1, -0.05) is 12.7 Å². The molecule has 10 heavy (non-hydrogen) atoms. The fourth-order valence-electron chi connectivity index (χ4n) is 0.558. The van der Waals surface area contributed by atoms with Crippen LogP contribution in [0.3, 0.4) is 0 Å². The number of thioether (sulfide) groups is 1. The van der Waals surface area contributed by atoms with Crippen molar-refractivity contribution in [2.24, 2.45) is 4.99 Å². The standard InChI is InChI=1S/C8H13NS/c1-4-5-8(9-2)6-7-10-3/h4-5H,1-2,6-7H2,3H3/b8-5-. The smallest absolute Gasteiger partial charge is 0.0404 e. The van der Waals surface area contributed by atoms with Gasteiger partial charge in [-0.15, -0.1) is 0 Å². The van der Waals surface area contributed by atoms with E-state index in [-0.39, 0.29) is 0 Å². The van der Waals surface area contributed by atoms with Gasteiger partial charge >= 0.3 is 0 Å². The lowest BCUT2D eigenvalue weighted by Crippen LogP contribution is -1.81. The van der Waals surface area contributed by atoms with Crippen molar-refractivity contribution in [2.75, 3.05) is 12.0 Å². The molecular weight excluding hydrogens is 142 g/mol. The second kappa shape index (κ2) is 6.62. The summed E-state index contributed by atoms with van der Waals surface area (Å²) in [4.78, 5) is 3.84. The molecule has 0 rings (SSSR count). The molecule has 0 aliphatic rings. The summed E-state index contributed by atoms with van der Waals surface area (Å²) >= 11 is 1.81. The number of hydrogen-bond donors (Lipinski definition) is 0. The number of aliphatic imine (C=N–C) groups is 1. The van der Waals surface area contributed by atoms with Crippen LogP contribution >= 0.6 is 11.8 Å². The SMILES string of the molecule is C=C/C=C(/CCSC)N=C. The van der Waals surface area contributed by atoms with E-state index in [4.69, 9.17) is 0 Å². The van der Waals surface area contributed by atoms with Crippen LogP contribution < -0.4 is 0 Å². The molecule has 0 radical (unpaired) electrons. The monoisotopic (exact) mass is 155 g/mol. The molecule has 1 nitrogen and oxygen atoms in total. The van der Waals surface area contributed by atoms with Gasteiger partial charge < -0.3 is 0 Å². The summed E-state index contributed by atoms with van der Waals surface area (Å²) in [5, 5.41) is 0. The van der Waals surface area contributed by atoms with Gasteiger partial charge in [-0.3, -0.25) is 4.99 Å². The van der Waals surface area contributed by atoms with Crippen LogP contribution in [0, 0.1) is 0 Å². The van der Waals surface area contributed by atoms with Crippen LogP contribution in [0.2, 0.25) is 0 Å². The molecule has 0 aliphatic heterocycles. The molecule has 0 heterocycles. The molecule has 0 aliphatic carbocycles. The minimum absolute atomic E-state index is 0.983. The van der Waals surface area contributed by atoms with Crippen LogP contribution in [0.5, 0.6) is 0 Å². The Hall–Kier alpha value is -0.500. The molecule has 56 valence electrons. The molecule has 0 saturated heterocycles. The number of hydrogen-bond acceptors (Lipinski definition) is 2. The number of rotatable bonds is 5. The molecule has 0 atom stereocenters. The Kier molecular flexibility index (Phi) is 6.29. The number of allylic oxidation sites excluding steroid dienone is 3. The second-order valence-corrected chi connectivity index (χ2v) is 2.78. The minimum atomic E-state index is 0.983. The summed E-state index contributed by atoms with van der Waals surface area (Å²) in [6.07, 6.45) is 6.69. The molecule has 2 heteroatoms. The van der Waals surface area contributed by atoms with Crippen molar-refractivity contribution in [1.29, 1.82) is 0 Å². The second-order valence-electron chi connectivity index (χ2n) is 1.79. The average molecular weight is 155 g/mol. The zero-order chi connectivity index (χ0) is 7.82. The lowest BCUT2D eigenvalue weighted by atomic mass is 10.3. The van der Waals surface area contributed by atoms with Gasteiger partial charge in [-0.25, -0.2) is 0 Å². The van der Waals surface area contributed by atoms with Crippen LogP contribution in [-0.2, 0) is 0 Å². The Morgan fingerprint density at radius 1 is 1.70 bits per heavy atom. The van der Waals surface area contributed by atoms with Crippen LogP contribution in [0.4, 0.5) is 0 Å². The molecule has 0 aromatic rings. The summed E-state index contributed by atoms with van der Waals surface area (Å²) in [5.41, 5.74) is 1.02. The minimum Gasteiger partial charge on any atom is -0.269 e. The maximum Gasteiger partial charge on any atom is 0.0404 e. The van der Waals surface area contributed by atoms with Crippen molar-refractivity contribution in [3.05, 3.63) is 24.4 Å². The average Bonchev–Trinajstić information content (AvgIpc) is 1.98. The Morgan fingerprint density at radius 3 is 2.80 bits per heavy atom. The van der Waals surface area contributed by atoms with E-state index in [0.717, 1.165) is 17.9 Å². The number of nitrogens with zero attached hydrogens (tertiary/aromatic N) is 1. The molecule has 0 aromatic heterocycles. The van der Waals surface area contributed by atoms with Crippen molar-refractivity contribution in [2.45, 2.75) is 6.42 Å². The van der Waals surface area contributed by atoms with E-state index in [2.05, 4.69) is 24.5 Å². The van der Waals surface area contributed by atoms with E-state index in [0.29, 0.717) is 0 Å². The first-order chi connectivity index (χ1) is 4.85. The molecule has 0 fully saturated rings. The highest BCUT2D eigenvalue weighted by atomic mass is 32.2. The van der Waals surface area contributed by atoms with E-state index in [1.54, 1.807) is 6.08 Å². The van der Waals surface area contributed by atoms with E-state index in [9.17, 15) is 0 Å². The molecule has 0 unspecified atom stereocenters. The summed E-state index contributed by atoms with van der Waals surface area (Å²) in [6.45, 7) is 7.04. The normalized spacial score (nSPS) is 11.1. The lowest BCUT2D eigenvalue weighted by molar-refractivity contribution is 1.09. The molecule has 0 saturated carbocycles. The first-order valence-electron chi connectivity index (χ1n) is 3.12. The summed E-state index contributed by atoms with van der Waals surface area (Å²) < 4.78 is 0. The van der Waals surface area contributed by atoms with Gasteiger partial charge in [0, 0.05) is 5.70 Å². The first kappa shape index (κ1) is 9.50. The van der Waals surface area contributed by atoms with E-state index >= 15 is 0 Å². The van der Waals surface area contributed by atoms with Crippen molar-refractivity contribution in [1.82, 2.24) is 0 Å². The molecule has 0 aromatic carbocycles. The lowest BCUT2D eigenvalue weighted by Gasteiger charge is -1.95. The van der Waals surface area contributed by atoms with Crippen LogP contribution in [0.25, 0.3) is 0 Å². The molecule has 0 bridgehead atoms. The van der Waals surface area contributed by atoms with Crippen molar-refractivity contribution >= 4 is 18.5 Å². The third-order valence-electron chi connectivity index (χ3n) is 1.08. The Bertz CT molecular complexity index is 138. The van der Waals surface area contributed by atoms with Gasteiger partial charge in [0.05, 0.1) is 0 Å². The highest BCUT2D eigenvalue weighted by Crippen LogP contribution is 2.06. The summed E-state index contributed by atoms with van der Waals surface area (Å²) in [5.74, 6) is 1.10. The van der Waals surface area contributed by atoms with Gasteiger partial charge in [0.25, 0.3) is 0 Å². The van der Waals surface area contributed by atoms with Gasteiger partial charge in [0.1, 0.15) is 0 Å². The highest BCUT2D eigenvalue weighted by molar-refractivity contribution is 7.98. The molecular formula is C8H13NS. The summed E-state index contributed by atoms with van der Waals surface area (Å²) in [7, 11) is 0. The quantitative estimate of drug-likeness (QED) is 0.439. The predicted octanol–water partition coefficient (Wildman–Crippen LogP) is 2.51. The topological polar surface area (TPSA) is 12.4 Å². The van der Waals surface area contributed by atoms with Crippen molar-refractivity contribution in [3.8, 4) is 0 Å². The fourth-order valence-corrected chi connectivity index (χ4v) is 0.971. The van der Waals surface area contributed by atoms with Crippen molar-refractivity contribution in [3.63, 3.8) is 0 Å². The molecule has 0 N–H and O–H groups in total. The van der Waals surface area contributed by atoms with E-state index < -0.39 is 0 Å².